The molecule has 0 saturated carbocycles. The number of fused-ring (bicyclic) bond motifs is 1. The van der Waals surface area contributed by atoms with E-state index in [9.17, 15) is 14.4 Å². The third kappa shape index (κ3) is 4.02. The summed E-state index contributed by atoms with van der Waals surface area (Å²) in [6.07, 6.45) is -0.0346. The van der Waals surface area contributed by atoms with E-state index in [4.69, 9.17) is 9.47 Å². The van der Waals surface area contributed by atoms with Crippen LogP contribution in [-0.4, -0.2) is 53.8 Å². The van der Waals surface area contributed by atoms with E-state index in [0.29, 0.717) is 30.4 Å². The maximum Gasteiger partial charge on any atom is 0.325 e. The number of urea groups is 1. The molecule has 0 aromatic heterocycles. The Morgan fingerprint density at radius 2 is 1.96 bits per heavy atom. The van der Waals surface area contributed by atoms with Gasteiger partial charge >= 0.3 is 6.03 Å². The molecule has 0 aliphatic carbocycles. The van der Waals surface area contributed by atoms with Gasteiger partial charge in [-0.05, 0) is 39.0 Å². The van der Waals surface area contributed by atoms with Crippen molar-refractivity contribution in [3.8, 4) is 11.5 Å². The fraction of sp³-hybridized carbons (Fsp3) is 0.444. The van der Waals surface area contributed by atoms with Crippen molar-refractivity contribution < 1.29 is 23.9 Å². The van der Waals surface area contributed by atoms with Gasteiger partial charge in [0, 0.05) is 18.5 Å². The highest BCUT2D eigenvalue weighted by atomic mass is 16.6. The van der Waals surface area contributed by atoms with Crippen molar-refractivity contribution in [2.75, 3.05) is 19.8 Å². The minimum atomic E-state index is -0.944. The lowest BCUT2D eigenvalue weighted by Gasteiger charge is -2.18. The maximum absolute atomic E-state index is 12.1. The second kappa shape index (κ2) is 7.26. The number of rotatable bonds is 5. The molecule has 2 aliphatic heterocycles. The van der Waals surface area contributed by atoms with Gasteiger partial charge in [-0.15, -0.1) is 0 Å². The van der Waals surface area contributed by atoms with E-state index >= 15 is 0 Å². The quantitative estimate of drug-likeness (QED) is 0.454. The second-order valence-corrected chi connectivity index (χ2v) is 6.85. The van der Waals surface area contributed by atoms with E-state index in [0.717, 1.165) is 10.5 Å². The third-order valence-electron chi connectivity index (χ3n) is 4.32. The lowest BCUT2D eigenvalue weighted by Crippen LogP contribution is -2.40. The normalized spacial score (nSPS) is 18.3. The minimum Gasteiger partial charge on any atom is -0.486 e. The van der Waals surface area contributed by atoms with Crippen molar-refractivity contribution in [2.24, 2.45) is 5.10 Å². The van der Waals surface area contributed by atoms with Crippen LogP contribution in [0.25, 0.3) is 0 Å². The molecule has 0 radical (unpaired) electrons. The molecule has 144 valence electrons. The van der Waals surface area contributed by atoms with E-state index in [2.05, 4.69) is 15.8 Å². The number of carbonyl (C=O) groups is 3. The fourth-order valence-electron chi connectivity index (χ4n) is 2.77. The van der Waals surface area contributed by atoms with Gasteiger partial charge in [-0.3, -0.25) is 14.5 Å². The van der Waals surface area contributed by atoms with E-state index in [1.54, 1.807) is 32.9 Å². The van der Waals surface area contributed by atoms with E-state index in [-0.39, 0.29) is 18.9 Å². The van der Waals surface area contributed by atoms with Crippen LogP contribution < -0.4 is 20.2 Å². The number of carbonyl (C=O) groups excluding carboxylic acids is 3. The number of hydrazone groups is 1. The molecule has 4 amide bonds. The molecule has 2 heterocycles. The third-order valence-corrected chi connectivity index (χ3v) is 4.32. The highest BCUT2D eigenvalue weighted by Crippen LogP contribution is 2.30. The van der Waals surface area contributed by atoms with Crippen LogP contribution in [0, 0.1) is 0 Å². The monoisotopic (exact) mass is 374 g/mol. The SMILES string of the molecule is C/C(=N/NC(=O)CCN1C(=O)NC(C)(C)C1=O)c1ccc2c(c1)OCCO2. The van der Waals surface area contributed by atoms with Gasteiger partial charge in [-0.1, -0.05) is 0 Å². The van der Waals surface area contributed by atoms with Crippen molar-refractivity contribution >= 4 is 23.6 Å². The fourth-order valence-corrected chi connectivity index (χ4v) is 2.77. The molecule has 0 atom stereocenters. The number of imide groups is 1. The van der Waals surface area contributed by atoms with Crippen LogP contribution in [-0.2, 0) is 9.59 Å². The summed E-state index contributed by atoms with van der Waals surface area (Å²) in [5, 5.41) is 6.64. The molecule has 2 aliphatic rings. The van der Waals surface area contributed by atoms with Gasteiger partial charge in [0.15, 0.2) is 11.5 Å². The summed E-state index contributed by atoms with van der Waals surface area (Å²) in [5.74, 6) is 0.576. The van der Waals surface area contributed by atoms with Gasteiger partial charge in [-0.25, -0.2) is 10.2 Å². The van der Waals surface area contributed by atoms with Crippen molar-refractivity contribution in [1.29, 1.82) is 0 Å². The Balaban J connectivity index is 1.55. The first kappa shape index (κ1) is 18.7. The lowest BCUT2D eigenvalue weighted by atomic mass is 10.1. The summed E-state index contributed by atoms with van der Waals surface area (Å²) < 4.78 is 11.0. The largest absolute Gasteiger partial charge is 0.486 e. The molecule has 3 rings (SSSR count). The summed E-state index contributed by atoms with van der Waals surface area (Å²) in [5.41, 5.74) is 2.88. The van der Waals surface area contributed by atoms with Crippen molar-refractivity contribution in [1.82, 2.24) is 15.6 Å². The summed E-state index contributed by atoms with van der Waals surface area (Å²) in [6, 6.07) is 4.93. The summed E-state index contributed by atoms with van der Waals surface area (Å²) in [4.78, 5) is 36.9. The topological polar surface area (TPSA) is 109 Å². The molecule has 0 spiro atoms. The zero-order valence-corrected chi connectivity index (χ0v) is 15.5. The molecule has 27 heavy (non-hydrogen) atoms. The molecule has 1 fully saturated rings. The van der Waals surface area contributed by atoms with Gasteiger partial charge in [-0.2, -0.15) is 5.10 Å². The first-order chi connectivity index (χ1) is 12.8. The molecular weight excluding hydrogens is 352 g/mol. The van der Waals surface area contributed by atoms with E-state index < -0.39 is 17.5 Å². The Bertz CT molecular complexity index is 818. The van der Waals surface area contributed by atoms with Crippen LogP contribution in [0.2, 0.25) is 0 Å². The van der Waals surface area contributed by atoms with Gasteiger partial charge in [0.1, 0.15) is 18.8 Å². The molecule has 1 aromatic carbocycles. The van der Waals surface area contributed by atoms with E-state index in [1.807, 2.05) is 6.07 Å². The predicted octanol–water partition coefficient (Wildman–Crippen LogP) is 1.02. The zero-order valence-electron chi connectivity index (χ0n) is 15.5. The van der Waals surface area contributed by atoms with Gasteiger partial charge in [0.25, 0.3) is 5.91 Å². The van der Waals surface area contributed by atoms with Crippen molar-refractivity contribution in [3.05, 3.63) is 23.8 Å². The summed E-state index contributed by atoms with van der Waals surface area (Å²) in [6.45, 7) is 6.00. The Kier molecular flexibility index (Phi) is 5.02. The molecule has 9 heteroatoms. The smallest absolute Gasteiger partial charge is 0.325 e. The van der Waals surface area contributed by atoms with Crippen LogP contribution >= 0.6 is 0 Å². The lowest BCUT2D eigenvalue weighted by molar-refractivity contribution is -0.130. The number of amides is 4. The molecular formula is C18H22N4O5. The van der Waals surface area contributed by atoms with E-state index in [1.165, 1.54) is 0 Å². The van der Waals surface area contributed by atoms with Crippen LogP contribution in [0.5, 0.6) is 11.5 Å². The zero-order chi connectivity index (χ0) is 19.6. The highest BCUT2D eigenvalue weighted by molar-refractivity contribution is 6.06. The Labute approximate surface area is 156 Å². The number of nitrogens with one attached hydrogen (secondary N) is 2. The van der Waals surface area contributed by atoms with Gasteiger partial charge < -0.3 is 14.8 Å². The minimum absolute atomic E-state index is 0.00147. The Morgan fingerprint density at radius 1 is 1.26 bits per heavy atom. The standard InChI is InChI=1S/C18H22N4O5/c1-11(12-4-5-13-14(10-12)27-9-8-26-13)20-21-15(23)6-7-22-16(24)18(2,3)19-17(22)25/h4-5,10H,6-9H2,1-3H3,(H,19,25)(H,21,23)/b20-11-. The number of benzene rings is 1. The molecule has 1 aromatic rings. The summed E-state index contributed by atoms with van der Waals surface area (Å²) >= 11 is 0. The van der Waals surface area contributed by atoms with Crippen LogP contribution in [0.4, 0.5) is 4.79 Å². The van der Waals surface area contributed by atoms with Crippen LogP contribution in [0.1, 0.15) is 32.8 Å². The number of nitrogens with zero attached hydrogens (tertiary/aromatic N) is 2. The Morgan fingerprint density at radius 3 is 2.63 bits per heavy atom. The average molecular weight is 374 g/mol. The first-order valence-corrected chi connectivity index (χ1v) is 8.65. The van der Waals surface area contributed by atoms with Gasteiger partial charge in [0.2, 0.25) is 5.91 Å². The van der Waals surface area contributed by atoms with Crippen LogP contribution in [0.15, 0.2) is 23.3 Å². The van der Waals surface area contributed by atoms with Crippen molar-refractivity contribution in [2.45, 2.75) is 32.7 Å². The summed E-state index contributed by atoms with van der Waals surface area (Å²) in [7, 11) is 0. The molecule has 1 saturated heterocycles. The average Bonchev–Trinajstić information content (AvgIpc) is 2.84. The first-order valence-electron chi connectivity index (χ1n) is 8.65. The Hall–Kier alpha value is -3.10. The molecule has 2 N–H and O–H groups in total. The maximum atomic E-state index is 12.1. The van der Waals surface area contributed by atoms with Crippen LogP contribution in [0.3, 0.4) is 0 Å². The number of ether oxygens (including phenoxy) is 2. The number of hydrogen-bond donors (Lipinski definition) is 2. The van der Waals surface area contributed by atoms with Gasteiger partial charge in [0.05, 0.1) is 5.71 Å². The molecule has 0 bridgehead atoms. The molecule has 0 unspecified atom stereocenters. The molecule has 9 nitrogen and oxygen atoms in total. The second-order valence-electron chi connectivity index (χ2n) is 6.85. The predicted molar refractivity (Wildman–Crippen MR) is 96.7 cm³/mol. The van der Waals surface area contributed by atoms with Crippen molar-refractivity contribution in [3.63, 3.8) is 0 Å². The number of hydrogen-bond acceptors (Lipinski definition) is 6. The highest BCUT2D eigenvalue weighted by Gasteiger charge is 2.43.